The van der Waals surface area contributed by atoms with Crippen LogP contribution in [0.2, 0.25) is 8.67 Å². The maximum atomic E-state index is 12.6. The van der Waals surface area contributed by atoms with E-state index in [4.69, 9.17) is 32.7 Å². The van der Waals surface area contributed by atoms with Crippen molar-refractivity contribution in [1.29, 1.82) is 0 Å². The number of hydrogen-bond donors (Lipinski definition) is 1. The highest BCUT2D eigenvalue weighted by Crippen LogP contribution is 2.35. The number of benzene rings is 1. The number of rotatable bonds is 3. The monoisotopic (exact) mass is 426 g/mol. The summed E-state index contributed by atoms with van der Waals surface area (Å²) >= 11 is 13.2. The van der Waals surface area contributed by atoms with E-state index in [1.54, 1.807) is 29.2 Å². The van der Waals surface area contributed by atoms with Crippen LogP contribution in [-0.2, 0) is 4.79 Å². The number of ether oxygens (including phenoxy) is 2. The normalized spacial score (nSPS) is 16.4. The van der Waals surface area contributed by atoms with E-state index in [-0.39, 0.29) is 24.5 Å². The Labute approximate surface area is 170 Å². The molecule has 1 aromatic carbocycles. The van der Waals surface area contributed by atoms with Gasteiger partial charge in [0.25, 0.3) is 5.91 Å². The Morgan fingerprint density at radius 3 is 2.56 bits per heavy atom. The highest BCUT2D eigenvalue weighted by atomic mass is 35.5. The van der Waals surface area contributed by atoms with Gasteiger partial charge in [0.15, 0.2) is 11.5 Å². The van der Waals surface area contributed by atoms with Gasteiger partial charge in [-0.3, -0.25) is 9.59 Å². The van der Waals surface area contributed by atoms with Crippen LogP contribution in [0.1, 0.15) is 23.2 Å². The summed E-state index contributed by atoms with van der Waals surface area (Å²) in [7, 11) is 0. The predicted molar refractivity (Wildman–Crippen MR) is 104 cm³/mol. The number of amides is 2. The lowest BCUT2D eigenvalue weighted by molar-refractivity contribution is -0.121. The minimum Gasteiger partial charge on any atom is -0.454 e. The van der Waals surface area contributed by atoms with Gasteiger partial charge in [0.2, 0.25) is 12.7 Å². The molecule has 4 rings (SSSR count). The Hall–Kier alpha value is -1.96. The predicted octanol–water partition coefficient (Wildman–Crippen LogP) is 4.27. The topological polar surface area (TPSA) is 67.9 Å². The average molecular weight is 427 g/mol. The molecule has 2 aliphatic heterocycles. The van der Waals surface area contributed by atoms with Crippen LogP contribution < -0.4 is 14.8 Å². The molecule has 2 aromatic rings. The van der Waals surface area contributed by atoms with E-state index in [1.807, 2.05) is 0 Å². The number of fused-ring (bicyclic) bond motifs is 1. The Balaban J connectivity index is 1.34. The molecule has 1 fully saturated rings. The SMILES string of the molecule is O=C(Nc1ccc2c(c1)OCO2)C1CCN(C(=O)c2cc(Cl)sc2Cl)CC1. The van der Waals surface area contributed by atoms with Gasteiger partial charge in [-0.25, -0.2) is 0 Å². The van der Waals surface area contributed by atoms with Gasteiger partial charge in [0.05, 0.1) is 9.90 Å². The average Bonchev–Trinajstić information content (AvgIpc) is 3.26. The second kappa shape index (κ2) is 7.58. The van der Waals surface area contributed by atoms with Crippen molar-refractivity contribution in [3.8, 4) is 11.5 Å². The number of halogens is 2. The molecule has 6 nitrogen and oxygen atoms in total. The Morgan fingerprint density at radius 2 is 1.85 bits per heavy atom. The van der Waals surface area contributed by atoms with Crippen molar-refractivity contribution in [3.05, 3.63) is 38.5 Å². The van der Waals surface area contributed by atoms with Crippen molar-refractivity contribution in [2.75, 3.05) is 25.2 Å². The second-order valence-electron chi connectivity index (χ2n) is 6.36. The zero-order chi connectivity index (χ0) is 19.0. The van der Waals surface area contributed by atoms with Crippen LogP contribution in [0.3, 0.4) is 0 Å². The molecule has 1 N–H and O–H groups in total. The van der Waals surface area contributed by atoms with Crippen molar-refractivity contribution < 1.29 is 19.1 Å². The van der Waals surface area contributed by atoms with E-state index in [9.17, 15) is 9.59 Å². The quantitative estimate of drug-likeness (QED) is 0.795. The fourth-order valence-electron chi connectivity index (χ4n) is 3.22. The third-order valence-electron chi connectivity index (χ3n) is 4.68. The molecule has 27 heavy (non-hydrogen) atoms. The first-order valence-electron chi connectivity index (χ1n) is 8.46. The number of hydrogen-bond acceptors (Lipinski definition) is 5. The molecule has 0 radical (unpaired) electrons. The number of carbonyl (C=O) groups excluding carboxylic acids is 2. The van der Waals surface area contributed by atoms with Crippen LogP contribution >= 0.6 is 34.5 Å². The molecule has 0 saturated carbocycles. The van der Waals surface area contributed by atoms with Crippen LogP contribution in [0.5, 0.6) is 11.5 Å². The third kappa shape index (κ3) is 3.85. The van der Waals surface area contributed by atoms with Crippen molar-refractivity contribution in [2.24, 2.45) is 5.92 Å². The van der Waals surface area contributed by atoms with E-state index in [0.717, 1.165) is 0 Å². The highest BCUT2D eigenvalue weighted by Gasteiger charge is 2.29. The van der Waals surface area contributed by atoms with E-state index in [1.165, 1.54) is 11.3 Å². The maximum Gasteiger partial charge on any atom is 0.256 e. The fraction of sp³-hybridized carbons (Fsp3) is 0.333. The number of anilines is 1. The van der Waals surface area contributed by atoms with Gasteiger partial charge in [0.1, 0.15) is 4.34 Å². The van der Waals surface area contributed by atoms with Crippen LogP contribution in [0.4, 0.5) is 5.69 Å². The van der Waals surface area contributed by atoms with Crippen LogP contribution in [0.25, 0.3) is 0 Å². The minimum atomic E-state index is -0.152. The smallest absolute Gasteiger partial charge is 0.256 e. The lowest BCUT2D eigenvalue weighted by atomic mass is 9.95. The number of carbonyl (C=O) groups is 2. The molecule has 1 aromatic heterocycles. The molecule has 142 valence electrons. The van der Waals surface area contributed by atoms with Gasteiger partial charge >= 0.3 is 0 Å². The largest absolute Gasteiger partial charge is 0.454 e. The van der Waals surface area contributed by atoms with Gasteiger partial charge in [-0.05, 0) is 31.0 Å². The molecule has 9 heteroatoms. The number of nitrogens with zero attached hydrogens (tertiary/aromatic N) is 1. The van der Waals surface area contributed by atoms with Crippen LogP contribution in [0, 0.1) is 5.92 Å². The summed E-state index contributed by atoms with van der Waals surface area (Å²) in [6, 6.07) is 6.90. The molecule has 0 aliphatic carbocycles. The Kier molecular flexibility index (Phi) is 5.16. The fourth-order valence-corrected chi connectivity index (χ4v) is 4.67. The van der Waals surface area contributed by atoms with Gasteiger partial charge < -0.3 is 19.7 Å². The molecule has 0 spiro atoms. The highest BCUT2D eigenvalue weighted by molar-refractivity contribution is 7.20. The van der Waals surface area contributed by atoms with Gasteiger partial charge in [-0.15, -0.1) is 11.3 Å². The first-order valence-corrected chi connectivity index (χ1v) is 10.0. The Bertz CT molecular complexity index is 893. The molecule has 2 aliphatic rings. The summed E-state index contributed by atoms with van der Waals surface area (Å²) in [6.07, 6.45) is 1.19. The van der Waals surface area contributed by atoms with E-state index in [2.05, 4.69) is 5.32 Å². The summed E-state index contributed by atoms with van der Waals surface area (Å²) in [5.74, 6) is 0.947. The van der Waals surface area contributed by atoms with Gasteiger partial charge in [-0.1, -0.05) is 23.2 Å². The third-order valence-corrected chi connectivity index (χ3v) is 6.17. The van der Waals surface area contributed by atoms with Crippen LogP contribution in [-0.4, -0.2) is 36.6 Å². The molecular weight excluding hydrogens is 411 g/mol. The summed E-state index contributed by atoms with van der Waals surface area (Å²) in [4.78, 5) is 26.8. The first-order chi connectivity index (χ1) is 13.0. The zero-order valence-electron chi connectivity index (χ0n) is 14.2. The summed E-state index contributed by atoms with van der Waals surface area (Å²) in [6.45, 7) is 1.20. The molecule has 0 bridgehead atoms. The lowest BCUT2D eigenvalue weighted by Crippen LogP contribution is -2.41. The molecular formula is C18H16Cl2N2O4S. The molecule has 3 heterocycles. The number of likely N-dealkylation sites (tertiary alicyclic amines) is 1. The van der Waals surface area contributed by atoms with Crippen molar-refractivity contribution in [1.82, 2.24) is 4.90 Å². The van der Waals surface area contributed by atoms with Gasteiger partial charge in [-0.2, -0.15) is 0 Å². The number of thiophene rings is 1. The van der Waals surface area contributed by atoms with E-state index < -0.39 is 0 Å². The zero-order valence-corrected chi connectivity index (χ0v) is 16.5. The standard InChI is InChI=1S/C18H16Cl2N2O4S/c19-15-8-12(16(20)27-15)18(24)22-5-3-10(4-6-22)17(23)21-11-1-2-13-14(7-11)26-9-25-13/h1-2,7-8,10H,3-6,9H2,(H,21,23). The number of nitrogens with one attached hydrogen (secondary N) is 1. The maximum absolute atomic E-state index is 12.6. The molecule has 0 atom stereocenters. The molecule has 2 amide bonds. The van der Waals surface area contributed by atoms with E-state index >= 15 is 0 Å². The van der Waals surface area contributed by atoms with Crippen molar-refractivity contribution >= 4 is 52.0 Å². The van der Waals surface area contributed by atoms with E-state index in [0.29, 0.717) is 57.4 Å². The minimum absolute atomic E-state index is 0.0578. The second-order valence-corrected chi connectivity index (χ2v) is 8.65. The van der Waals surface area contributed by atoms with Crippen molar-refractivity contribution in [2.45, 2.75) is 12.8 Å². The van der Waals surface area contributed by atoms with Gasteiger partial charge in [0, 0.05) is 30.8 Å². The number of piperidine rings is 1. The Morgan fingerprint density at radius 1 is 1.11 bits per heavy atom. The summed E-state index contributed by atoms with van der Waals surface area (Å²) < 4.78 is 11.5. The lowest BCUT2D eigenvalue weighted by Gasteiger charge is -2.31. The summed E-state index contributed by atoms with van der Waals surface area (Å²) in [5, 5.41) is 2.91. The first kappa shape index (κ1) is 18.4. The van der Waals surface area contributed by atoms with Crippen LogP contribution in [0.15, 0.2) is 24.3 Å². The van der Waals surface area contributed by atoms with Crippen molar-refractivity contribution in [3.63, 3.8) is 0 Å². The molecule has 0 unspecified atom stereocenters. The summed E-state index contributed by atoms with van der Waals surface area (Å²) in [5.41, 5.74) is 1.09. The molecule has 1 saturated heterocycles.